The topological polar surface area (TPSA) is 40.5 Å². The average molecular weight is 309 g/mol. The Hall–Kier alpha value is -1.86. The van der Waals surface area contributed by atoms with Gasteiger partial charge in [0.2, 0.25) is 0 Å². The summed E-state index contributed by atoms with van der Waals surface area (Å²) in [4.78, 5) is 11.7. The summed E-state index contributed by atoms with van der Waals surface area (Å²) < 4.78 is 65.8. The van der Waals surface area contributed by atoms with Crippen LogP contribution in [0.1, 0.15) is 23.2 Å². The van der Waals surface area contributed by atoms with Crippen LogP contribution in [-0.4, -0.2) is 30.3 Å². The molecular formula is C13H12F5NO2. The third-order valence-corrected chi connectivity index (χ3v) is 3.46. The molecular weight excluding hydrogens is 297 g/mol. The zero-order chi connectivity index (χ0) is 15.8. The van der Waals surface area contributed by atoms with E-state index in [0.29, 0.717) is 12.1 Å². The first-order valence-corrected chi connectivity index (χ1v) is 6.24. The fraction of sp³-hybridized carbons (Fsp3) is 0.462. The number of piperidine rings is 1. The maximum absolute atomic E-state index is 13.9. The minimum absolute atomic E-state index is 0.0869. The summed E-state index contributed by atoms with van der Waals surface area (Å²) in [5.41, 5.74) is -1.19. The Bertz CT molecular complexity index is 535. The summed E-state index contributed by atoms with van der Waals surface area (Å²) in [6.45, 7) is -0.448. The summed E-state index contributed by atoms with van der Waals surface area (Å²) in [6, 6.07) is 1.22. The highest BCUT2D eigenvalue weighted by Crippen LogP contribution is 2.36. The van der Waals surface area contributed by atoms with E-state index in [-0.39, 0.29) is 19.4 Å². The molecule has 116 valence electrons. The molecule has 1 aliphatic rings. The van der Waals surface area contributed by atoms with Gasteiger partial charge in [-0.15, -0.1) is 0 Å². The van der Waals surface area contributed by atoms with Gasteiger partial charge in [-0.25, -0.2) is 13.6 Å². The number of alkyl halides is 3. The predicted molar refractivity (Wildman–Crippen MR) is 64.3 cm³/mol. The average Bonchev–Trinajstić information content (AvgIpc) is 2.37. The highest BCUT2D eigenvalue weighted by molar-refractivity contribution is 5.88. The molecule has 0 saturated carbocycles. The van der Waals surface area contributed by atoms with Crippen LogP contribution in [0.4, 0.5) is 27.6 Å². The molecule has 1 aromatic carbocycles. The zero-order valence-electron chi connectivity index (χ0n) is 10.8. The molecule has 21 heavy (non-hydrogen) atoms. The first-order valence-electron chi connectivity index (χ1n) is 6.24. The highest BCUT2D eigenvalue weighted by Gasteiger charge is 2.42. The first kappa shape index (κ1) is 15.5. The molecule has 1 unspecified atom stereocenters. The van der Waals surface area contributed by atoms with E-state index in [1.54, 1.807) is 0 Å². The van der Waals surface area contributed by atoms with Gasteiger partial charge in [0.15, 0.2) is 0 Å². The summed E-state index contributed by atoms with van der Waals surface area (Å²) >= 11 is 0. The van der Waals surface area contributed by atoms with E-state index < -0.39 is 47.5 Å². The zero-order valence-corrected chi connectivity index (χ0v) is 10.8. The van der Waals surface area contributed by atoms with Crippen LogP contribution in [0.15, 0.2) is 12.1 Å². The Morgan fingerprint density at radius 2 is 1.81 bits per heavy atom. The molecule has 1 aromatic rings. The Morgan fingerprint density at radius 3 is 2.29 bits per heavy atom. The van der Waals surface area contributed by atoms with Crippen molar-refractivity contribution in [3.63, 3.8) is 0 Å². The SMILES string of the molecule is O=C(O)c1cc(F)c(N2CCCC(C(F)(F)F)C2)c(F)c1. The number of anilines is 1. The van der Waals surface area contributed by atoms with Crippen molar-refractivity contribution in [2.45, 2.75) is 19.0 Å². The summed E-state index contributed by atoms with van der Waals surface area (Å²) in [5.74, 6) is -5.50. The lowest BCUT2D eigenvalue weighted by Crippen LogP contribution is -2.42. The number of aromatic carboxylic acids is 1. The summed E-state index contributed by atoms with van der Waals surface area (Å²) in [7, 11) is 0. The summed E-state index contributed by atoms with van der Waals surface area (Å²) in [5, 5.41) is 8.69. The second-order valence-electron chi connectivity index (χ2n) is 4.92. The fourth-order valence-corrected chi connectivity index (χ4v) is 2.44. The molecule has 1 heterocycles. The lowest BCUT2D eigenvalue weighted by atomic mass is 9.96. The van der Waals surface area contributed by atoms with E-state index in [9.17, 15) is 26.7 Å². The van der Waals surface area contributed by atoms with E-state index in [2.05, 4.69) is 0 Å². The van der Waals surface area contributed by atoms with Crippen molar-refractivity contribution in [1.29, 1.82) is 0 Å². The molecule has 0 spiro atoms. The quantitative estimate of drug-likeness (QED) is 0.851. The van der Waals surface area contributed by atoms with E-state index in [0.717, 1.165) is 4.90 Å². The van der Waals surface area contributed by atoms with Gasteiger partial charge in [-0.05, 0) is 25.0 Å². The Kier molecular flexibility index (Phi) is 4.06. The molecule has 2 rings (SSSR count). The van der Waals surface area contributed by atoms with Crippen molar-refractivity contribution in [3.05, 3.63) is 29.3 Å². The van der Waals surface area contributed by atoms with Crippen LogP contribution in [0.5, 0.6) is 0 Å². The number of benzene rings is 1. The Morgan fingerprint density at radius 1 is 1.24 bits per heavy atom. The van der Waals surface area contributed by atoms with Crippen LogP contribution in [0.2, 0.25) is 0 Å². The number of nitrogens with zero attached hydrogens (tertiary/aromatic N) is 1. The largest absolute Gasteiger partial charge is 0.478 e. The van der Waals surface area contributed by atoms with Gasteiger partial charge in [0.1, 0.15) is 17.3 Å². The number of carboxylic acid groups (broad SMARTS) is 1. The Balaban J connectivity index is 2.31. The van der Waals surface area contributed by atoms with Crippen molar-refractivity contribution in [2.24, 2.45) is 5.92 Å². The van der Waals surface area contributed by atoms with Crippen molar-refractivity contribution >= 4 is 11.7 Å². The number of rotatable bonds is 2. The fourth-order valence-electron chi connectivity index (χ4n) is 2.44. The number of carbonyl (C=O) groups is 1. The molecule has 0 bridgehead atoms. The smallest absolute Gasteiger partial charge is 0.393 e. The highest BCUT2D eigenvalue weighted by atomic mass is 19.4. The molecule has 8 heteroatoms. The number of hydrogen-bond donors (Lipinski definition) is 1. The van der Waals surface area contributed by atoms with Crippen LogP contribution in [0.3, 0.4) is 0 Å². The van der Waals surface area contributed by atoms with E-state index in [1.807, 2.05) is 0 Å². The van der Waals surface area contributed by atoms with Gasteiger partial charge in [-0.1, -0.05) is 0 Å². The third kappa shape index (κ3) is 3.25. The Labute approximate surface area is 117 Å². The predicted octanol–water partition coefficient (Wildman–Crippen LogP) is 3.44. The van der Waals surface area contributed by atoms with Gasteiger partial charge < -0.3 is 10.0 Å². The standard InChI is InChI=1S/C13H12F5NO2/c14-9-4-7(12(20)21)5-10(15)11(9)19-3-1-2-8(6-19)13(16,17)18/h4-5,8H,1-3,6H2,(H,20,21). The number of carboxylic acids is 1. The van der Waals surface area contributed by atoms with E-state index >= 15 is 0 Å². The number of hydrogen-bond acceptors (Lipinski definition) is 2. The lowest BCUT2D eigenvalue weighted by Gasteiger charge is -2.35. The van der Waals surface area contributed by atoms with E-state index in [4.69, 9.17) is 5.11 Å². The minimum atomic E-state index is -4.42. The molecule has 1 fully saturated rings. The monoisotopic (exact) mass is 309 g/mol. The van der Waals surface area contributed by atoms with Crippen molar-refractivity contribution in [2.75, 3.05) is 18.0 Å². The van der Waals surface area contributed by atoms with Gasteiger partial charge in [0.05, 0.1) is 11.5 Å². The lowest BCUT2D eigenvalue weighted by molar-refractivity contribution is -0.176. The molecule has 1 atom stereocenters. The van der Waals surface area contributed by atoms with Crippen molar-refractivity contribution in [3.8, 4) is 0 Å². The van der Waals surface area contributed by atoms with Crippen LogP contribution in [0, 0.1) is 17.6 Å². The third-order valence-electron chi connectivity index (χ3n) is 3.46. The van der Waals surface area contributed by atoms with Gasteiger partial charge in [0, 0.05) is 13.1 Å². The maximum atomic E-state index is 13.9. The molecule has 0 aliphatic carbocycles. The molecule has 1 aliphatic heterocycles. The van der Waals surface area contributed by atoms with Gasteiger partial charge >= 0.3 is 12.1 Å². The van der Waals surface area contributed by atoms with E-state index in [1.165, 1.54) is 0 Å². The van der Waals surface area contributed by atoms with Crippen molar-refractivity contribution in [1.82, 2.24) is 0 Å². The molecule has 3 nitrogen and oxygen atoms in total. The molecule has 1 saturated heterocycles. The van der Waals surface area contributed by atoms with Crippen LogP contribution in [-0.2, 0) is 0 Å². The minimum Gasteiger partial charge on any atom is -0.478 e. The summed E-state index contributed by atoms with van der Waals surface area (Å²) in [6.07, 6.45) is -4.35. The van der Waals surface area contributed by atoms with Crippen LogP contribution in [0.25, 0.3) is 0 Å². The number of halogens is 5. The molecule has 0 aromatic heterocycles. The second-order valence-corrected chi connectivity index (χ2v) is 4.92. The van der Waals surface area contributed by atoms with Gasteiger partial charge in [-0.3, -0.25) is 0 Å². The maximum Gasteiger partial charge on any atom is 0.393 e. The van der Waals surface area contributed by atoms with Crippen LogP contribution >= 0.6 is 0 Å². The van der Waals surface area contributed by atoms with Crippen molar-refractivity contribution < 1.29 is 31.9 Å². The van der Waals surface area contributed by atoms with Crippen LogP contribution < -0.4 is 4.90 Å². The molecule has 0 radical (unpaired) electrons. The van der Waals surface area contributed by atoms with Gasteiger partial charge in [-0.2, -0.15) is 13.2 Å². The molecule has 1 N–H and O–H groups in total. The van der Waals surface area contributed by atoms with Gasteiger partial charge in [0.25, 0.3) is 0 Å². The first-order chi connectivity index (χ1) is 9.70. The normalized spacial score (nSPS) is 19.7. The second kappa shape index (κ2) is 5.50. The molecule has 0 amide bonds.